The molecule has 0 amide bonds. The molecule has 9 rings (SSSR count). The van der Waals surface area contributed by atoms with E-state index in [1.807, 2.05) is 0 Å². The number of aromatic nitrogens is 2. The summed E-state index contributed by atoms with van der Waals surface area (Å²) in [6, 6.07) is 22.5. The van der Waals surface area contributed by atoms with E-state index >= 15 is 0 Å². The largest absolute Gasteiger partial charge is 0.302 e. The molecule has 1 aliphatic heterocycles. The van der Waals surface area contributed by atoms with Crippen LogP contribution in [0.15, 0.2) is 126 Å². The van der Waals surface area contributed by atoms with Crippen LogP contribution < -0.4 is 4.90 Å². The lowest BCUT2D eigenvalue weighted by Crippen LogP contribution is -2.30. The number of hydrogen-bond donors (Lipinski definition) is 0. The van der Waals surface area contributed by atoms with Gasteiger partial charge in [0.25, 0.3) is 0 Å². The van der Waals surface area contributed by atoms with Gasteiger partial charge in [-0.2, -0.15) is 0 Å². The second kappa shape index (κ2) is 9.62. The summed E-state index contributed by atoms with van der Waals surface area (Å²) in [5.41, 5.74) is 14.3. The fourth-order valence-corrected chi connectivity index (χ4v) is 8.15. The van der Waals surface area contributed by atoms with Gasteiger partial charge in [0.15, 0.2) is 0 Å². The van der Waals surface area contributed by atoms with Crippen molar-refractivity contribution in [2.45, 2.75) is 56.9 Å². The number of allylic oxidation sites excluding steroid dienone is 10. The van der Waals surface area contributed by atoms with Crippen molar-refractivity contribution in [1.82, 2.24) is 9.97 Å². The van der Waals surface area contributed by atoms with Crippen molar-refractivity contribution in [3.05, 3.63) is 149 Å². The summed E-state index contributed by atoms with van der Waals surface area (Å²) in [5, 5.41) is 1.12. The van der Waals surface area contributed by atoms with E-state index < -0.39 is 0 Å². The molecular formula is C41H35N3. The summed E-state index contributed by atoms with van der Waals surface area (Å²) in [4.78, 5) is 13.1. The van der Waals surface area contributed by atoms with Crippen molar-refractivity contribution in [2.75, 3.05) is 4.90 Å². The third kappa shape index (κ3) is 3.75. The van der Waals surface area contributed by atoms with Gasteiger partial charge in [-0.1, -0.05) is 117 Å². The third-order valence-corrected chi connectivity index (χ3v) is 10.4. The van der Waals surface area contributed by atoms with Gasteiger partial charge >= 0.3 is 0 Å². The van der Waals surface area contributed by atoms with Gasteiger partial charge < -0.3 is 4.90 Å². The molecule has 5 aliphatic rings. The van der Waals surface area contributed by atoms with Crippen LogP contribution >= 0.6 is 0 Å². The molecule has 3 heteroatoms. The van der Waals surface area contributed by atoms with Crippen LogP contribution in [0, 0.1) is 0 Å². The zero-order chi connectivity index (χ0) is 29.4. The average molecular weight is 570 g/mol. The van der Waals surface area contributed by atoms with E-state index in [1.165, 1.54) is 50.2 Å². The summed E-state index contributed by atoms with van der Waals surface area (Å²) in [6.07, 6.45) is 24.8. The minimum absolute atomic E-state index is 0.0332. The topological polar surface area (TPSA) is 29.0 Å². The number of rotatable bonds is 3. The minimum atomic E-state index is -0.0332. The van der Waals surface area contributed by atoms with Crippen molar-refractivity contribution in [3.8, 4) is 11.1 Å². The number of fused-ring (bicyclic) bond motifs is 7. The molecule has 0 fully saturated rings. The standard InChI is InChI=1S/C41H35N3/c1-41(2)34-17-9-6-14-29(34)32-25-38-33(24-35(32)41)30-15-8-11-19-37(30)44(38)40-42-36-18-10-7-16-31(36)39(43-40)28-22-20-27(21-23-28)26-12-4-3-5-13-26/h3-4,6-12,14-20,22,24-25,30,37H,5,13,21,23H2,1-2H3. The molecule has 1 aromatic heterocycles. The Balaban J connectivity index is 1.21. The number of benzene rings is 3. The monoisotopic (exact) mass is 569 g/mol. The Morgan fingerprint density at radius 1 is 0.727 bits per heavy atom. The molecule has 0 saturated heterocycles. The third-order valence-electron chi connectivity index (χ3n) is 10.4. The molecule has 3 nitrogen and oxygen atoms in total. The van der Waals surface area contributed by atoms with Gasteiger partial charge in [-0.3, -0.25) is 0 Å². The van der Waals surface area contributed by atoms with Crippen LogP contribution in [0.25, 0.3) is 27.6 Å². The van der Waals surface area contributed by atoms with Crippen LogP contribution in [-0.2, 0) is 5.41 Å². The second-order valence-corrected chi connectivity index (χ2v) is 13.2. The highest BCUT2D eigenvalue weighted by Crippen LogP contribution is 2.55. The van der Waals surface area contributed by atoms with Gasteiger partial charge in [-0.15, -0.1) is 0 Å². The number of hydrogen-bond acceptors (Lipinski definition) is 3. The average Bonchev–Trinajstić information content (AvgIpc) is 3.52. The Hall–Kier alpha value is -4.76. The Morgan fingerprint density at radius 3 is 2.39 bits per heavy atom. The molecule has 0 bridgehead atoms. The zero-order valence-corrected chi connectivity index (χ0v) is 25.3. The van der Waals surface area contributed by atoms with Gasteiger partial charge in [0, 0.05) is 22.4 Å². The first-order valence-electron chi connectivity index (χ1n) is 16.0. The summed E-state index contributed by atoms with van der Waals surface area (Å²) in [7, 11) is 0. The van der Waals surface area contributed by atoms with Gasteiger partial charge in [-0.25, -0.2) is 9.97 Å². The molecule has 2 heterocycles. The molecule has 3 aromatic carbocycles. The highest BCUT2D eigenvalue weighted by molar-refractivity contribution is 5.93. The Bertz CT molecular complexity index is 2070. The van der Waals surface area contributed by atoms with Crippen LogP contribution in [0.5, 0.6) is 0 Å². The molecule has 0 saturated carbocycles. The molecule has 0 spiro atoms. The van der Waals surface area contributed by atoms with E-state index in [-0.39, 0.29) is 17.4 Å². The molecular weight excluding hydrogens is 534 g/mol. The lowest BCUT2D eigenvalue weighted by atomic mass is 9.80. The van der Waals surface area contributed by atoms with Crippen LogP contribution in [-0.4, -0.2) is 16.0 Å². The van der Waals surface area contributed by atoms with Crippen LogP contribution in [0.3, 0.4) is 0 Å². The van der Waals surface area contributed by atoms with E-state index in [0.717, 1.165) is 48.2 Å². The first-order chi connectivity index (χ1) is 21.6. The van der Waals surface area contributed by atoms with E-state index in [4.69, 9.17) is 9.97 Å². The normalized spacial score (nSPS) is 22.2. The Labute approximate surface area is 259 Å². The highest BCUT2D eigenvalue weighted by Gasteiger charge is 2.43. The quantitative estimate of drug-likeness (QED) is 0.246. The summed E-state index contributed by atoms with van der Waals surface area (Å²) in [6.45, 7) is 4.73. The molecule has 214 valence electrons. The highest BCUT2D eigenvalue weighted by atomic mass is 15.3. The molecule has 44 heavy (non-hydrogen) atoms. The van der Waals surface area contributed by atoms with Gasteiger partial charge in [-0.05, 0) is 82.4 Å². The number of anilines is 2. The van der Waals surface area contributed by atoms with Gasteiger partial charge in [0.2, 0.25) is 5.95 Å². The van der Waals surface area contributed by atoms with Crippen molar-refractivity contribution in [1.29, 1.82) is 0 Å². The van der Waals surface area contributed by atoms with Crippen LogP contribution in [0.1, 0.15) is 67.8 Å². The number of nitrogens with zero attached hydrogens (tertiary/aromatic N) is 3. The molecule has 0 radical (unpaired) electrons. The maximum absolute atomic E-state index is 5.43. The molecule has 2 atom stereocenters. The number of para-hydroxylation sites is 1. The van der Waals surface area contributed by atoms with Crippen molar-refractivity contribution < 1.29 is 0 Å². The van der Waals surface area contributed by atoms with E-state index in [1.54, 1.807) is 0 Å². The molecule has 4 aliphatic carbocycles. The lowest BCUT2D eigenvalue weighted by Gasteiger charge is -2.28. The molecule has 4 aromatic rings. The summed E-state index contributed by atoms with van der Waals surface area (Å²) in [5.74, 6) is 1.05. The van der Waals surface area contributed by atoms with Crippen molar-refractivity contribution in [2.24, 2.45) is 0 Å². The maximum atomic E-state index is 5.43. The van der Waals surface area contributed by atoms with Crippen LogP contribution in [0.2, 0.25) is 0 Å². The Morgan fingerprint density at radius 2 is 1.52 bits per heavy atom. The van der Waals surface area contributed by atoms with Crippen molar-refractivity contribution in [3.63, 3.8) is 0 Å². The van der Waals surface area contributed by atoms with E-state index in [9.17, 15) is 0 Å². The van der Waals surface area contributed by atoms with E-state index in [2.05, 4.69) is 134 Å². The van der Waals surface area contributed by atoms with Crippen molar-refractivity contribution >= 4 is 28.1 Å². The van der Waals surface area contributed by atoms with Gasteiger partial charge in [0.05, 0.1) is 17.3 Å². The fourth-order valence-electron chi connectivity index (χ4n) is 8.15. The predicted molar refractivity (Wildman–Crippen MR) is 182 cm³/mol. The van der Waals surface area contributed by atoms with E-state index in [0.29, 0.717) is 0 Å². The summed E-state index contributed by atoms with van der Waals surface area (Å²) < 4.78 is 0. The molecule has 2 unspecified atom stereocenters. The second-order valence-electron chi connectivity index (χ2n) is 13.2. The predicted octanol–water partition coefficient (Wildman–Crippen LogP) is 10.0. The SMILES string of the molecule is CC1(C)c2ccccc2-c2cc3c(cc21)C1C=CC=CC1N3c1nc(C2=CC=C(C3=CC=CCC3)CC2)c2ccccc2n1. The Kier molecular flexibility index (Phi) is 5.62. The fraction of sp³-hybridized carbons (Fsp3) is 0.220. The zero-order valence-electron chi connectivity index (χ0n) is 25.3. The lowest BCUT2D eigenvalue weighted by molar-refractivity contribution is 0.658. The smallest absolute Gasteiger partial charge is 0.231 e. The van der Waals surface area contributed by atoms with Gasteiger partial charge in [0.1, 0.15) is 0 Å². The van der Waals surface area contributed by atoms with Crippen LogP contribution in [0.4, 0.5) is 11.6 Å². The molecule has 0 N–H and O–H groups in total. The summed E-state index contributed by atoms with van der Waals surface area (Å²) >= 11 is 0. The maximum Gasteiger partial charge on any atom is 0.231 e. The first kappa shape index (κ1) is 25.7. The minimum Gasteiger partial charge on any atom is -0.302 e. The first-order valence-corrected chi connectivity index (χ1v) is 16.0.